The molecule has 0 saturated heterocycles. The lowest BCUT2D eigenvalue weighted by Gasteiger charge is -2.10. The average Bonchev–Trinajstić information content (AvgIpc) is 2.36. The molecule has 1 N–H and O–H groups in total. The molecule has 1 aromatic heterocycles. The zero-order valence-corrected chi connectivity index (χ0v) is 10.2. The lowest BCUT2D eigenvalue weighted by atomic mass is 10.2. The zero-order valence-electron chi connectivity index (χ0n) is 10.2. The lowest BCUT2D eigenvalue weighted by molar-refractivity contribution is -0.137. The van der Waals surface area contributed by atoms with Gasteiger partial charge in [-0.2, -0.15) is 0 Å². The molecule has 1 aromatic rings. The Kier molecular flexibility index (Phi) is 5.96. The van der Waals surface area contributed by atoms with Crippen LogP contribution in [0.2, 0.25) is 0 Å². The van der Waals surface area contributed by atoms with Crippen molar-refractivity contribution in [2.45, 2.75) is 19.9 Å². The van der Waals surface area contributed by atoms with Gasteiger partial charge in [0, 0.05) is 24.9 Å². The number of hydrogen-bond acceptors (Lipinski definition) is 4. The fraction of sp³-hybridized carbons (Fsp3) is 0.385. The summed E-state index contributed by atoms with van der Waals surface area (Å²) in [5, 5.41) is 3.24. The maximum absolute atomic E-state index is 11.0. The molecule has 4 heteroatoms. The third kappa shape index (κ3) is 5.26. The molecule has 1 heterocycles. The first kappa shape index (κ1) is 13.4. The zero-order chi connectivity index (χ0) is 12.5. The van der Waals surface area contributed by atoms with Gasteiger partial charge in [0.2, 0.25) is 0 Å². The molecule has 0 fully saturated rings. The topological polar surface area (TPSA) is 51.2 Å². The van der Waals surface area contributed by atoms with E-state index >= 15 is 0 Å². The Morgan fingerprint density at radius 2 is 2.41 bits per heavy atom. The molecule has 0 radical (unpaired) electrons. The molecule has 0 unspecified atom stereocenters. The first-order valence-corrected chi connectivity index (χ1v) is 5.71. The van der Waals surface area contributed by atoms with Crippen molar-refractivity contribution < 1.29 is 9.53 Å². The van der Waals surface area contributed by atoms with Gasteiger partial charge in [0.15, 0.2) is 0 Å². The van der Waals surface area contributed by atoms with E-state index in [4.69, 9.17) is 4.74 Å². The molecule has 0 aliphatic heterocycles. The molecule has 0 aromatic carbocycles. The first-order chi connectivity index (χ1) is 8.24. The molecule has 0 aliphatic rings. The highest BCUT2D eigenvalue weighted by Gasteiger charge is 2.03. The molecule has 17 heavy (non-hydrogen) atoms. The Bertz CT molecular complexity index is 363. The van der Waals surface area contributed by atoms with Gasteiger partial charge in [0.05, 0.1) is 12.3 Å². The van der Waals surface area contributed by atoms with E-state index in [1.165, 1.54) is 6.08 Å². The van der Waals surface area contributed by atoms with Gasteiger partial charge in [0.1, 0.15) is 0 Å². The van der Waals surface area contributed by atoms with Crippen LogP contribution >= 0.6 is 0 Å². The summed E-state index contributed by atoms with van der Waals surface area (Å²) >= 11 is 0. The maximum Gasteiger partial charge on any atom is 0.330 e. The molecule has 0 bridgehead atoms. The highest BCUT2D eigenvalue weighted by Crippen LogP contribution is 2.06. The van der Waals surface area contributed by atoms with Gasteiger partial charge in [0.25, 0.3) is 0 Å². The fourth-order valence-corrected chi connectivity index (χ4v) is 1.33. The molecule has 1 rings (SSSR count). The molecule has 0 aliphatic carbocycles. The van der Waals surface area contributed by atoms with E-state index in [0.717, 1.165) is 5.69 Å². The normalized spacial score (nSPS) is 12.6. The van der Waals surface area contributed by atoms with Crippen LogP contribution in [-0.4, -0.2) is 24.1 Å². The van der Waals surface area contributed by atoms with E-state index in [1.807, 2.05) is 25.1 Å². The Morgan fingerprint density at radius 3 is 3.06 bits per heavy atom. The van der Waals surface area contributed by atoms with Crippen LogP contribution in [0.5, 0.6) is 0 Å². The molecule has 0 amide bonds. The minimum atomic E-state index is -0.306. The second-order valence-electron chi connectivity index (χ2n) is 3.54. The van der Waals surface area contributed by atoms with Gasteiger partial charge in [-0.1, -0.05) is 12.1 Å². The summed E-state index contributed by atoms with van der Waals surface area (Å²) in [5.74, 6) is -0.306. The number of carbonyl (C=O) groups is 1. The summed E-state index contributed by atoms with van der Waals surface area (Å²) in [6.45, 7) is 4.82. The minimum absolute atomic E-state index is 0.156. The van der Waals surface area contributed by atoms with Crippen molar-refractivity contribution in [3.63, 3.8) is 0 Å². The van der Waals surface area contributed by atoms with Crippen molar-refractivity contribution in [3.05, 3.63) is 42.2 Å². The summed E-state index contributed by atoms with van der Waals surface area (Å²) in [6.07, 6.45) is 4.95. The first-order valence-electron chi connectivity index (χ1n) is 5.71. The highest BCUT2D eigenvalue weighted by molar-refractivity contribution is 5.81. The van der Waals surface area contributed by atoms with Crippen LogP contribution in [0.4, 0.5) is 0 Å². The number of aromatic nitrogens is 1. The van der Waals surface area contributed by atoms with E-state index < -0.39 is 0 Å². The Morgan fingerprint density at radius 1 is 1.59 bits per heavy atom. The van der Waals surface area contributed by atoms with Gasteiger partial charge in [-0.05, 0) is 26.0 Å². The maximum atomic E-state index is 11.0. The number of ether oxygens (including phenoxy) is 1. The molecular formula is C13H18N2O2. The van der Waals surface area contributed by atoms with Crippen LogP contribution in [0.15, 0.2) is 36.5 Å². The van der Waals surface area contributed by atoms with Gasteiger partial charge in [-0.3, -0.25) is 4.98 Å². The van der Waals surface area contributed by atoms with Crippen LogP contribution in [-0.2, 0) is 9.53 Å². The van der Waals surface area contributed by atoms with Crippen LogP contribution in [0.25, 0.3) is 0 Å². The standard InChI is InChI=1S/C13H18N2O2/c1-3-17-13(16)8-6-10-14-11(2)12-7-4-5-9-15-12/h4-9,11,14H,3,10H2,1-2H3/b8-6+/t11-/m1/s1. The Hall–Kier alpha value is -1.68. The Labute approximate surface area is 102 Å². The SMILES string of the molecule is CCOC(=O)/C=C/CN[C@H](C)c1ccccn1. The Balaban J connectivity index is 2.29. The van der Waals surface area contributed by atoms with Crippen LogP contribution < -0.4 is 5.32 Å². The second-order valence-corrected chi connectivity index (χ2v) is 3.54. The van der Waals surface area contributed by atoms with Crippen molar-refractivity contribution in [3.8, 4) is 0 Å². The van der Waals surface area contributed by atoms with Crippen molar-refractivity contribution in [2.24, 2.45) is 0 Å². The summed E-state index contributed by atoms with van der Waals surface area (Å²) in [7, 11) is 0. The second kappa shape index (κ2) is 7.57. The largest absolute Gasteiger partial charge is 0.463 e. The molecule has 4 nitrogen and oxygen atoms in total. The van der Waals surface area contributed by atoms with E-state index in [0.29, 0.717) is 13.2 Å². The predicted molar refractivity (Wildman–Crippen MR) is 66.4 cm³/mol. The summed E-state index contributed by atoms with van der Waals surface area (Å²) in [5.41, 5.74) is 0.983. The summed E-state index contributed by atoms with van der Waals surface area (Å²) in [4.78, 5) is 15.3. The third-order valence-corrected chi connectivity index (χ3v) is 2.21. The molecule has 0 saturated carbocycles. The molecular weight excluding hydrogens is 216 g/mol. The van der Waals surface area contributed by atoms with E-state index in [2.05, 4.69) is 10.3 Å². The van der Waals surface area contributed by atoms with Crippen molar-refractivity contribution >= 4 is 5.97 Å². The van der Waals surface area contributed by atoms with E-state index in [9.17, 15) is 4.79 Å². The fourth-order valence-electron chi connectivity index (χ4n) is 1.33. The van der Waals surface area contributed by atoms with Gasteiger partial charge in [-0.25, -0.2) is 4.79 Å². The molecule has 92 valence electrons. The predicted octanol–water partition coefficient (Wildman–Crippen LogP) is 1.85. The van der Waals surface area contributed by atoms with Gasteiger partial charge in [-0.15, -0.1) is 0 Å². The monoisotopic (exact) mass is 234 g/mol. The van der Waals surface area contributed by atoms with Crippen molar-refractivity contribution in [2.75, 3.05) is 13.2 Å². The van der Waals surface area contributed by atoms with Crippen LogP contribution in [0, 0.1) is 0 Å². The van der Waals surface area contributed by atoms with E-state index in [1.54, 1.807) is 19.2 Å². The number of hydrogen-bond donors (Lipinski definition) is 1. The number of pyridine rings is 1. The number of nitrogens with one attached hydrogen (secondary N) is 1. The third-order valence-electron chi connectivity index (χ3n) is 2.21. The van der Waals surface area contributed by atoms with Crippen LogP contribution in [0.1, 0.15) is 25.6 Å². The number of rotatable bonds is 6. The molecule has 0 spiro atoms. The van der Waals surface area contributed by atoms with Crippen molar-refractivity contribution in [1.82, 2.24) is 10.3 Å². The van der Waals surface area contributed by atoms with Crippen LogP contribution in [0.3, 0.4) is 0 Å². The highest BCUT2D eigenvalue weighted by atomic mass is 16.5. The lowest BCUT2D eigenvalue weighted by Crippen LogP contribution is -2.19. The smallest absolute Gasteiger partial charge is 0.330 e. The quantitative estimate of drug-likeness (QED) is 0.603. The number of carbonyl (C=O) groups excluding carboxylic acids is 1. The van der Waals surface area contributed by atoms with Gasteiger partial charge < -0.3 is 10.1 Å². The van der Waals surface area contributed by atoms with E-state index in [-0.39, 0.29) is 12.0 Å². The summed E-state index contributed by atoms with van der Waals surface area (Å²) < 4.78 is 4.77. The number of nitrogens with zero attached hydrogens (tertiary/aromatic N) is 1. The average molecular weight is 234 g/mol. The van der Waals surface area contributed by atoms with Crippen molar-refractivity contribution in [1.29, 1.82) is 0 Å². The minimum Gasteiger partial charge on any atom is -0.463 e. The summed E-state index contributed by atoms with van der Waals surface area (Å²) in [6, 6.07) is 5.96. The molecule has 1 atom stereocenters. The van der Waals surface area contributed by atoms with Gasteiger partial charge >= 0.3 is 5.97 Å². The number of esters is 1.